The van der Waals surface area contributed by atoms with Crippen molar-refractivity contribution >= 4 is 0 Å². The van der Waals surface area contributed by atoms with Crippen molar-refractivity contribution in [3.05, 3.63) is 49.3 Å². The second-order valence-electron chi connectivity index (χ2n) is 5.49. The van der Waals surface area contributed by atoms with Gasteiger partial charge >= 0.3 is 0 Å². The Hall–Kier alpha value is -1.90. The van der Waals surface area contributed by atoms with E-state index < -0.39 is 0 Å². The van der Waals surface area contributed by atoms with E-state index in [-0.39, 0.29) is 11.1 Å². The quantitative estimate of drug-likeness (QED) is 0.554. The van der Waals surface area contributed by atoms with Crippen molar-refractivity contribution in [2.75, 3.05) is 0 Å². The van der Waals surface area contributed by atoms with Gasteiger partial charge in [-0.15, -0.1) is 6.58 Å². The van der Waals surface area contributed by atoms with E-state index in [4.69, 9.17) is 0 Å². The van der Waals surface area contributed by atoms with E-state index >= 15 is 0 Å². The summed E-state index contributed by atoms with van der Waals surface area (Å²) in [6.07, 6.45) is 5.98. The lowest BCUT2D eigenvalue weighted by Crippen LogP contribution is -2.68. The van der Waals surface area contributed by atoms with Crippen molar-refractivity contribution in [1.29, 1.82) is 0 Å². The second kappa shape index (κ2) is 3.31. The van der Waals surface area contributed by atoms with Gasteiger partial charge in [0.15, 0.2) is 11.7 Å². The number of allylic oxidation sites excluding steroid dienone is 1. The molecule has 0 aromatic carbocycles. The van der Waals surface area contributed by atoms with Crippen molar-refractivity contribution in [3.8, 4) is 11.4 Å². The van der Waals surface area contributed by atoms with Gasteiger partial charge in [0.05, 0.1) is 0 Å². The third kappa shape index (κ3) is 1.09. The van der Waals surface area contributed by atoms with Gasteiger partial charge in [0, 0.05) is 32.2 Å². The van der Waals surface area contributed by atoms with E-state index in [2.05, 4.69) is 72.2 Å². The van der Waals surface area contributed by atoms with Gasteiger partial charge in [-0.25, -0.2) is 4.68 Å². The van der Waals surface area contributed by atoms with E-state index in [1.165, 1.54) is 5.69 Å². The minimum absolute atomic E-state index is 0.121. The third-order valence-corrected chi connectivity index (χ3v) is 4.44. The molecule has 0 bridgehead atoms. The highest BCUT2D eigenvalue weighted by atomic mass is 15.4. The van der Waals surface area contributed by atoms with E-state index in [1.807, 2.05) is 12.3 Å². The molecule has 92 valence electrons. The van der Waals surface area contributed by atoms with Gasteiger partial charge < -0.3 is 0 Å². The summed E-state index contributed by atoms with van der Waals surface area (Å²) in [5.41, 5.74) is 1.96. The van der Waals surface area contributed by atoms with Gasteiger partial charge in [0.2, 0.25) is 5.69 Å². The molecule has 2 aromatic heterocycles. The van der Waals surface area contributed by atoms with Crippen molar-refractivity contribution < 1.29 is 4.57 Å². The van der Waals surface area contributed by atoms with Crippen molar-refractivity contribution in [1.82, 2.24) is 9.78 Å². The van der Waals surface area contributed by atoms with E-state index in [9.17, 15) is 0 Å². The zero-order valence-electron chi connectivity index (χ0n) is 11.1. The molecule has 3 heterocycles. The Kier molecular flexibility index (Phi) is 2.06. The zero-order chi connectivity index (χ0) is 13.0. The summed E-state index contributed by atoms with van der Waals surface area (Å²) >= 11 is 0. The Morgan fingerprint density at radius 1 is 1.28 bits per heavy atom. The minimum atomic E-state index is -0.245. The highest BCUT2D eigenvalue weighted by Crippen LogP contribution is 2.40. The second-order valence-corrected chi connectivity index (χ2v) is 5.49. The topological polar surface area (TPSA) is 21.7 Å². The highest BCUT2D eigenvalue weighted by molar-refractivity contribution is 5.52. The van der Waals surface area contributed by atoms with E-state index in [1.54, 1.807) is 0 Å². The molecule has 0 spiro atoms. The first-order valence-corrected chi connectivity index (χ1v) is 6.22. The maximum atomic E-state index is 4.51. The normalized spacial score (nSPS) is 24.2. The molecule has 3 rings (SSSR count). The molecule has 0 radical (unpaired) electrons. The van der Waals surface area contributed by atoms with Crippen LogP contribution in [0.1, 0.15) is 20.8 Å². The first kappa shape index (κ1) is 11.2. The summed E-state index contributed by atoms with van der Waals surface area (Å²) < 4.78 is 4.39. The SMILES string of the molecule is C=CC1(C)n2nccc2-c2cccc[n+]2C1(C)C. The molecule has 1 aliphatic heterocycles. The minimum Gasteiger partial charge on any atom is -0.242 e. The van der Waals surface area contributed by atoms with Crippen LogP contribution in [0.4, 0.5) is 0 Å². The summed E-state index contributed by atoms with van der Waals surface area (Å²) in [4.78, 5) is 0. The van der Waals surface area contributed by atoms with Crippen molar-refractivity contribution in [2.45, 2.75) is 31.8 Å². The van der Waals surface area contributed by atoms with Crippen LogP contribution in [0, 0.1) is 0 Å². The van der Waals surface area contributed by atoms with Crippen LogP contribution in [0.25, 0.3) is 11.4 Å². The van der Waals surface area contributed by atoms with E-state index in [0.29, 0.717) is 0 Å². The van der Waals surface area contributed by atoms with Crippen LogP contribution < -0.4 is 4.57 Å². The van der Waals surface area contributed by atoms with E-state index in [0.717, 1.165) is 5.69 Å². The van der Waals surface area contributed by atoms with Crippen LogP contribution in [0.2, 0.25) is 0 Å². The lowest BCUT2D eigenvalue weighted by molar-refractivity contribution is -0.763. The monoisotopic (exact) mass is 240 g/mol. The number of pyridine rings is 1. The third-order valence-electron chi connectivity index (χ3n) is 4.44. The number of fused-ring (bicyclic) bond motifs is 3. The predicted octanol–water partition coefficient (Wildman–Crippen LogP) is 2.49. The van der Waals surface area contributed by atoms with Gasteiger partial charge in [-0.05, 0) is 19.1 Å². The smallest absolute Gasteiger partial charge is 0.231 e. The van der Waals surface area contributed by atoms with Crippen LogP contribution in [-0.4, -0.2) is 9.78 Å². The summed E-state index contributed by atoms with van der Waals surface area (Å²) in [6.45, 7) is 10.7. The molecule has 1 atom stereocenters. The summed E-state index contributed by atoms with van der Waals surface area (Å²) in [6, 6.07) is 8.33. The molecular formula is C15H18N3+. The molecule has 0 aliphatic carbocycles. The fourth-order valence-corrected chi connectivity index (χ4v) is 2.85. The molecule has 2 aromatic rings. The molecule has 1 unspecified atom stereocenters. The van der Waals surface area contributed by atoms with Gasteiger partial charge in [-0.1, -0.05) is 6.08 Å². The molecule has 0 N–H and O–H groups in total. The van der Waals surface area contributed by atoms with Gasteiger partial charge in [-0.3, -0.25) is 0 Å². The number of hydrogen-bond acceptors (Lipinski definition) is 1. The molecule has 0 fully saturated rings. The first-order chi connectivity index (χ1) is 8.52. The predicted molar refractivity (Wildman–Crippen MR) is 71.0 cm³/mol. The largest absolute Gasteiger partial charge is 0.242 e. The molecule has 0 saturated carbocycles. The molecule has 0 amide bonds. The fraction of sp³-hybridized carbons (Fsp3) is 0.333. The van der Waals surface area contributed by atoms with Crippen LogP contribution >= 0.6 is 0 Å². The number of aromatic nitrogens is 3. The molecule has 18 heavy (non-hydrogen) atoms. The summed E-state index contributed by atoms with van der Waals surface area (Å²) in [5, 5.41) is 4.51. The Bertz CT molecular complexity index is 624. The Labute approximate surface area is 107 Å². The lowest BCUT2D eigenvalue weighted by atomic mass is 9.78. The molecule has 3 nitrogen and oxygen atoms in total. The first-order valence-electron chi connectivity index (χ1n) is 6.22. The fourth-order valence-electron chi connectivity index (χ4n) is 2.85. The average molecular weight is 240 g/mol. The van der Waals surface area contributed by atoms with Crippen LogP contribution in [0.5, 0.6) is 0 Å². The number of hydrogen-bond donors (Lipinski definition) is 0. The highest BCUT2D eigenvalue weighted by Gasteiger charge is 2.54. The summed E-state index contributed by atoms with van der Waals surface area (Å²) in [5.74, 6) is 0. The molecule has 0 saturated heterocycles. The van der Waals surface area contributed by atoms with Crippen LogP contribution in [-0.2, 0) is 11.1 Å². The van der Waals surface area contributed by atoms with Crippen LogP contribution in [0.3, 0.4) is 0 Å². The summed E-state index contributed by atoms with van der Waals surface area (Å²) in [7, 11) is 0. The maximum absolute atomic E-state index is 4.51. The van der Waals surface area contributed by atoms with Gasteiger partial charge in [0.1, 0.15) is 11.2 Å². The molecule has 1 aliphatic rings. The van der Waals surface area contributed by atoms with Crippen LogP contribution in [0.15, 0.2) is 49.3 Å². The average Bonchev–Trinajstić information content (AvgIpc) is 2.86. The van der Waals surface area contributed by atoms with Gasteiger partial charge in [-0.2, -0.15) is 9.67 Å². The standard InChI is InChI=1S/C15H18N3/c1-5-15(4)14(2,3)17-11-7-6-8-12(17)13-9-10-16-18(13)15/h5-11H,1H2,2-4H3/q+1. The lowest BCUT2D eigenvalue weighted by Gasteiger charge is -2.42. The van der Waals surface area contributed by atoms with Gasteiger partial charge in [0.25, 0.3) is 0 Å². The Morgan fingerprint density at radius 3 is 2.78 bits per heavy atom. The van der Waals surface area contributed by atoms with Crippen molar-refractivity contribution in [3.63, 3.8) is 0 Å². The number of rotatable bonds is 1. The zero-order valence-corrected chi connectivity index (χ0v) is 11.1. The molecule has 3 heteroatoms. The molecular weight excluding hydrogens is 222 g/mol. The number of nitrogens with zero attached hydrogens (tertiary/aromatic N) is 3. The Morgan fingerprint density at radius 2 is 2.06 bits per heavy atom. The maximum Gasteiger partial charge on any atom is 0.231 e. The van der Waals surface area contributed by atoms with Crippen molar-refractivity contribution in [2.24, 2.45) is 0 Å². The Balaban J connectivity index is 2.43.